The Kier molecular flexibility index (Phi) is 11.6. The Labute approximate surface area is 274 Å². The number of benzene rings is 4. The van der Waals surface area contributed by atoms with Crippen LogP contribution in [-0.2, 0) is 32.6 Å². The van der Waals surface area contributed by atoms with E-state index in [0.29, 0.717) is 5.69 Å². The number of amides is 2. The zero-order chi connectivity index (χ0) is 31.7. The van der Waals surface area contributed by atoms with Gasteiger partial charge in [0.05, 0.1) is 10.6 Å². The lowest BCUT2D eigenvalue weighted by Gasteiger charge is -2.34. The summed E-state index contributed by atoms with van der Waals surface area (Å²) in [6.45, 7) is 5.53. The van der Waals surface area contributed by atoms with Crippen molar-refractivity contribution in [1.82, 2.24) is 10.2 Å². The highest BCUT2D eigenvalue weighted by molar-refractivity contribution is 14.1. The number of carbonyl (C=O) groups excluding carboxylic acids is 2. The minimum atomic E-state index is -4.12. The van der Waals surface area contributed by atoms with Crippen molar-refractivity contribution < 1.29 is 18.0 Å². The van der Waals surface area contributed by atoms with Crippen molar-refractivity contribution in [2.45, 2.75) is 57.1 Å². The van der Waals surface area contributed by atoms with E-state index in [4.69, 9.17) is 0 Å². The van der Waals surface area contributed by atoms with Crippen LogP contribution >= 0.6 is 22.6 Å². The van der Waals surface area contributed by atoms with Gasteiger partial charge in [-0.25, -0.2) is 8.42 Å². The van der Waals surface area contributed by atoms with Crippen LogP contribution in [0.4, 0.5) is 5.69 Å². The predicted molar refractivity (Wildman–Crippen MR) is 184 cm³/mol. The molecule has 2 atom stereocenters. The van der Waals surface area contributed by atoms with Gasteiger partial charge in [0.15, 0.2) is 0 Å². The van der Waals surface area contributed by atoms with E-state index in [1.54, 1.807) is 42.5 Å². The molecule has 0 saturated carbocycles. The summed E-state index contributed by atoms with van der Waals surface area (Å²) in [5, 5.41) is 3.07. The van der Waals surface area contributed by atoms with Gasteiger partial charge in [0.2, 0.25) is 11.8 Å². The van der Waals surface area contributed by atoms with Crippen molar-refractivity contribution >= 4 is 50.1 Å². The maximum atomic E-state index is 14.5. The van der Waals surface area contributed by atoms with Crippen LogP contribution in [0.3, 0.4) is 0 Å². The van der Waals surface area contributed by atoms with Crippen molar-refractivity contribution in [1.29, 1.82) is 0 Å². The number of hydrogen-bond acceptors (Lipinski definition) is 4. The quantitative estimate of drug-likeness (QED) is 0.163. The van der Waals surface area contributed by atoms with Crippen LogP contribution in [0.15, 0.2) is 114 Å². The first-order valence-electron chi connectivity index (χ1n) is 14.6. The molecular weight excluding hydrogens is 685 g/mol. The van der Waals surface area contributed by atoms with Crippen molar-refractivity contribution in [2.75, 3.05) is 10.8 Å². The molecule has 230 valence electrons. The van der Waals surface area contributed by atoms with Crippen LogP contribution in [0, 0.1) is 10.5 Å². The molecule has 0 aromatic heterocycles. The molecule has 0 fully saturated rings. The van der Waals surface area contributed by atoms with Crippen molar-refractivity contribution in [3.63, 3.8) is 0 Å². The van der Waals surface area contributed by atoms with E-state index < -0.39 is 28.5 Å². The Morgan fingerprint density at radius 1 is 0.841 bits per heavy atom. The lowest BCUT2D eigenvalue weighted by molar-refractivity contribution is -0.140. The van der Waals surface area contributed by atoms with Gasteiger partial charge in [-0.2, -0.15) is 0 Å². The molecule has 0 radical (unpaired) electrons. The average molecular weight is 724 g/mol. The summed E-state index contributed by atoms with van der Waals surface area (Å²) >= 11 is 2.16. The van der Waals surface area contributed by atoms with Crippen LogP contribution in [0.2, 0.25) is 0 Å². The number of nitrogens with zero attached hydrogens (tertiary/aromatic N) is 2. The average Bonchev–Trinajstić information content (AvgIpc) is 3.03. The van der Waals surface area contributed by atoms with Gasteiger partial charge in [0.1, 0.15) is 12.6 Å². The summed E-state index contributed by atoms with van der Waals surface area (Å²) in [7, 11) is -4.12. The van der Waals surface area contributed by atoms with Crippen LogP contribution in [0.1, 0.15) is 37.0 Å². The maximum absolute atomic E-state index is 14.5. The number of sulfonamides is 1. The molecule has 7 nitrogen and oxygen atoms in total. The van der Waals surface area contributed by atoms with Crippen LogP contribution in [0.5, 0.6) is 0 Å². The van der Waals surface area contributed by atoms with Gasteiger partial charge >= 0.3 is 0 Å². The molecule has 4 aromatic rings. The molecule has 4 aromatic carbocycles. The summed E-state index contributed by atoms with van der Waals surface area (Å²) in [4.78, 5) is 30.0. The lowest BCUT2D eigenvalue weighted by atomic mass is 10.0. The van der Waals surface area contributed by atoms with Gasteiger partial charge in [0.25, 0.3) is 10.0 Å². The van der Waals surface area contributed by atoms with Crippen LogP contribution in [0.25, 0.3) is 0 Å². The van der Waals surface area contributed by atoms with E-state index in [-0.39, 0.29) is 29.8 Å². The first kappa shape index (κ1) is 33.2. The third-order valence-electron chi connectivity index (χ3n) is 7.60. The third kappa shape index (κ3) is 8.47. The van der Waals surface area contributed by atoms with Gasteiger partial charge in [-0.1, -0.05) is 79.7 Å². The number of nitrogens with one attached hydrogen (secondary N) is 1. The smallest absolute Gasteiger partial charge is 0.264 e. The number of aryl methyl sites for hydroxylation is 1. The Morgan fingerprint density at radius 2 is 1.43 bits per heavy atom. The Bertz CT molecular complexity index is 1650. The summed E-state index contributed by atoms with van der Waals surface area (Å²) in [6, 6.07) is 31.4. The summed E-state index contributed by atoms with van der Waals surface area (Å²) < 4.78 is 30.2. The van der Waals surface area contributed by atoms with Gasteiger partial charge < -0.3 is 10.2 Å². The number of halogens is 1. The molecule has 0 aliphatic carbocycles. The summed E-state index contributed by atoms with van der Waals surface area (Å²) in [6.07, 6.45) is 1.00. The fraction of sp³-hybridized carbons (Fsp3) is 0.257. The second kappa shape index (κ2) is 15.3. The normalized spacial score (nSPS) is 12.6. The Morgan fingerprint density at radius 3 is 2.05 bits per heavy atom. The molecule has 0 saturated heterocycles. The monoisotopic (exact) mass is 723 g/mol. The van der Waals surface area contributed by atoms with Crippen molar-refractivity contribution in [3.8, 4) is 0 Å². The SMILES string of the molecule is CC[C@@H](C)NC(=O)[C@@H](Cc1ccccc1)N(Cc1ccccc1C)C(=O)CN(c1ccc(I)cc1)S(=O)(=O)c1ccccc1. The molecule has 1 N–H and O–H groups in total. The fourth-order valence-electron chi connectivity index (χ4n) is 4.82. The van der Waals surface area contributed by atoms with E-state index in [2.05, 4.69) is 27.9 Å². The number of carbonyl (C=O) groups is 2. The summed E-state index contributed by atoms with van der Waals surface area (Å²) in [5.41, 5.74) is 3.10. The van der Waals surface area contributed by atoms with Gasteiger partial charge in [-0.3, -0.25) is 13.9 Å². The highest BCUT2D eigenvalue weighted by atomic mass is 127. The molecule has 2 amide bonds. The molecule has 0 aliphatic rings. The second-order valence-corrected chi connectivity index (χ2v) is 13.9. The van der Waals surface area contributed by atoms with E-state index in [1.165, 1.54) is 17.0 Å². The first-order valence-corrected chi connectivity index (χ1v) is 17.1. The van der Waals surface area contributed by atoms with Gasteiger partial charge in [-0.05, 0) is 95.9 Å². The van der Waals surface area contributed by atoms with E-state index in [9.17, 15) is 18.0 Å². The molecule has 0 spiro atoms. The molecule has 0 unspecified atom stereocenters. The molecule has 0 bridgehead atoms. The zero-order valence-corrected chi connectivity index (χ0v) is 28.2. The van der Waals surface area contributed by atoms with Gasteiger partial charge in [0, 0.05) is 22.6 Å². The minimum absolute atomic E-state index is 0.0761. The Balaban J connectivity index is 1.80. The van der Waals surface area contributed by atoms with E-state index in [1.807, 2.05) is 75.4 Å². The molecule has 0 aliphatic heterocycles. The van der Waals surface area contributed by atoms with Crippen LogP contribution in [-0.4, -0.2) is 43.8 Å². The molecular formula is C35H38IN3O4S. The summed E-state index contributed by atoms with van der Waals surface area (Å²) in [5.74, 6) is -0.761. The van der Waals surface area contributed by atoms with E-state index in [0.717, 1.165) is 31.0 Å². The maximum Gasteiger partial charge on any atom is 0.264 e. The fourth-order valence-corrected chi connectivity index (χ4v) is 6.62. The zero-order valence-electron chi connectivity index (χ0n) is 25.2. The molecule has 9 heteroatoms. The number of rotatable bonds is 13. The topological polar surface area (TPSA) is 86.8 Å². The predicted octanol–water partition coefficient (Wildman–Crippen LogP) is 6.35. The molecule has 0 heterocycles. The minimum Gasteiger partial charge on any atom is -0.352 e. The van der Waals surface area contributed by atoms with E-state index >= 15 is 0 Å². The van der Waals surface area contributed by atoms with Crippen LogP contribution < -0.4 is 9.62 Å². The molecule has 4 rings (SSSR count). The standard InChI is InChI=1S/C35H38IN3O4S/c1-4-27(3)37-35(41)33(23-28-14-7-5-8-15-28)38(24-29-16-12-11-13-26(29)2)34(40)25-39(31-21-19-30(36)20-22-31)44(42,43)32-17-9-6-10-18-32/h5-22,27,33H,4,23-25H2,1-3H3,(H,37,41)/t27-,33-/m1/s1. The number of hydrogen-bond donors (Lipinski definition) is 1. The lowest BCUT2D eigenvalue weighted by Crippen LogP contribution is -2.54. The van der Waals surface area contributed by atoms with Crippen molar-refractivity contribution in [3.05, 3.63) is 129 Å². The highest BCUT2D eigenvalue weighted by Crippen LogP contribution is 2.26. The highest BCUT2D eigenvalue weighted by Gasteiger charge is 2.35. The number of anilines is 1. The third-order valence-corrected chi connectivity index (χ3v) is 10.1. The first-order chi connectivity index (χ1) is 21.1. The largest absolute Gasteiger partial charge is 0.352 e. The Hall–Kier alpha value is -3.70. The molecule has 44 heavy (non-hydrogen) atoms. The van der Waals surface area contributed by atoms with Crippen molar-refractivity contribution in [2.24, 2.45) is 0 Å². The van der Waals surface area contributed by atoms with Gasteiger partial charge in [-0.15, -0.1) is 0 Å². The second-order valence-electron chi connectivity index (χ2n) is 10.8.